The molecular weight excluding hydrogens is 446 g/mol. The van der Waals surface area contributed by atoms with Crippen LogP contribution in [0.3, 0.4) is 0 Å². The molecule has 1 unspecified atom stereocenters. The maximum absolute atomic E-state index is 12.6. The summed E-state index contributed by atoms with van der Waals surface area (Å²) < 4.78 is 1.80. The van der Waals surface area contributed by atoms with Gasteiger partial charge >= 0.3 is 0 Å². The number of hydrogen-bond acceptors (Lipinski definition) is 4. The Morgan fingerprint density at radius 2 is 1.76 bits per heavy atom. The number of fused-ring (bicyclic) bond motifs is 1. The highest BCUT2D eigenvalue weighted by Crippen LogP contribution is 2.33. The number of anilines is 2. The fourth-order valence-electron chi connectivity index (χ4n) is 3.93. The predicted molar refractivity (Wildman–Crippen MR) is 136 cm³/mol. The number of carbonyl (C=O) groups is 1. The zero-order valence-corrected chi connectivity index (χ0v) is 19.5. The Hall–Kier alpha value is -3.90. The van der Waals surface area contributed by atoms with Crippen molar-refractivity contribution in [3.8, 4) is 0 Å². The van der Waals surface area contributed by atoms with E-state index in [-0.39, 0.29) is 17.9 Å². The summed E-state index contributed by atoms with van der Waals surface area (Å²) >= 11 is 6.08. The third kappa shape index (κ3) is 4.87. The first kappa shape index (κ1) is 21.9. The van der Waals surface area contributed by atoms with Gasteiger partial charge in [-0.25, -0.2) is 4.68 Å². The minimum absolute atomic E-state index is 0.121. The highest BCUT2D eigenvalue weighted by Gasteiger charge is 2.25. The maximum Gasteiger partial charge on any atom is 0.250 e. The molecule has 1 atom stereocenters. The SMILES string of the molecule is Cc1ccc(C2C=C(c3ccc(Cl)cc3)Nc3nc(NC(=O)CCc4ccccc4)nn32)cc1. The van der Waals surface area contributed by atoms with Crippen molar-refractivity contribution in [1.29, 1.82) is 0 Å². The number of nitrogens with zero attached hydrogens (tertiary/aromatic N) is 3. The summed E-state index contributed by atoms with van der Waals surface area (Å²) in [5.41, 5.74) is 5.28. The van der Waals surface area contributed by atoms with Crippen LogP contribution < -0.4 is 10.6 Å². The van der Waals surface area contributed by atoms with Crippen LogP contribution in [0.15, 0.2) is 84.9 Å². The number of aromatic nitrogens is 3. The molecule has 3 aromatic carbocycles. The molecule has 1 amide bonds. The van der Waals surface area contributed by atoms with Gasteiger partial charge in [-0.2, -0.15) is 4.98 Å². The Morgan fingerprint density at radius 1 is 1.03 bits per heavy atom. The van der Waals surface area contributed by atoms with E-state index >= 15 is 0 Å². The van der Waals surface area contributed by atoms with E-state index in [0.717, 1.165) is 22.4 Å². The van der Waals surface area contributed by atoms with Gasteiger partial charge in [0, 0.05) is 17.1 Å². The maximum atomic E-state index is 12.6. The fraction of sp³-hybridized carbons (Fsp3) is 0.148. The van der Waals surface area contributed by atoms with Crippen LogP contribution in [0.4, 0.5) is 11.9 Å². The Bertz CT molecular complexity index is 1330. The first-order valence-corrected chi connectivity index (χ1v) is 11.5. The molecule has 7 heteroatoms. The number of hydrogen-bond donors (Lipinski definition) is 2. The molecule has 4 aromatic rings. The summed E-state index contributed by atoms with van der Waals surface area (Å²) in [7, 11) is 0. The van der Waals surface area contributed by atoms with Crippen molar-refractivity contribution in [3.05, 3.63) is 112 Å². The van der Waals surface area contributed by atoms with Gasteiger partial charge in [0.05, 0.1) is 0 Å². The van der Waals surface area contributed by atoms with Crippen LogP contribution in [0.1, 0.15) is 34.7 Å². The summed E-state index contributed by atoms with van der Waals surface area (Å²) in [6.07, 6.45) is 3.13. The second-order valence-electron chi connectivity index (χ2n) is 8.31. The quantitative estimate of drug-likeness (QED) is 0.370. The lowest BCUT2D eigenvalue weighted by molar-refractivity contribution is -0.116. The molecule has 170 valence electrons. The van der Waals surface area contributed by atoms with E-state index in [1.54, 1.807) is 4.68 Å². The van der Waals surface area contributed by atoms with Crippen LogP contribution in [0.25, 0.3) is 5.70 Å². The van der Waals surface area contributed by atoms with E-state index in [1.807, 2.05) is 54.6 Å². The standard InChI is InChI=1S/C27H24ClN5O/c1-18-7-10-21(11-8-18)24-17-23(20-12-14-22(28)15-13-20)29-27-31-26(32-33(24)27)30-25(34)16-9-19-5-3-2-4-6-19/h2-8,10-15,17,24H,9,16H2,1H3,(H2,29,30,31,32,34). The summed E-state index contributed by atoms with van der Waals surface area (Å²) in [6.45, 7) is 2.06. The molecule has 0 fully saturated rings. The molecule has 0 spiro atoms. The van der Waals surface area contributed by atoms with Crippen molar-refractivity contribution >= 4 is 35.1 Å². The highest BCUT2D eigenvalue weighted by atomic mass is 35.5. The van der Waals surface area contributed by atoms with Gasteiger partial charge in [0.15, 0.2) is 0 Å². The van der Waals surface area contributed by atoms with E-state index in [1.165, 1.54) is 5.56 Å². The average molecular weight is 470 g/mol. The van der Waals surface area contributed by atoms with Crippen LogP contribution in [0, 0.1) is 6.92 Å². The summed E-state index contributed by atoms with van der Waals surface area (Å²) in [5, 5.41) is 11.5. The normalized spacial score (nSPS) is 14.6. The third-order valence-corrected chi connectivity index (χ3v) is 6.03. The first-order chi connectivity index (χ1) is 16.5. The Morgan fingerprint density at radius 3 is 2.50 bits per heavy atom. The second kappa shape index (κ2) is 9.53. The van der Waals surface area contributed by atoms with Gasteiger partial charge < -0.3 is 5.32 Å². The van der Waals surface area contributed by atoms with Crippen molar-refractivity contribution in [2.45, 2.75) is 25.8 Å². The van der Waals surface area contributed by atoms with E-state index in [9.17, 15) is 4.79 Å². The van der Waals surface area contributed by atoms with Crippen molar-refractivity contribution in [2.75, 3.05) is 10.6 Å². The van der Waals surface area contributed by atoms with Gasteiger partial charge in [-0.1, -0.05) is 83.9 Å². The zero-order chi connectivity index (χ0) is 23.5. The number of aryl methyl sites for hydroxylation is 2. The van der Waals surface area contributed by atoms with Gasteiger partial charge in [-0.05, 0) is 48.2 Å². The number of nitrogens with one attached hydrogen (secondary N) is 2. The molecule has 1 aliphatic heterocycles. The Balaban J connectivity index is 1.40. The van der Waals surface area contributed by atoms with Crippen LogP contribution in [0.5, 0.6) is 0 Å². The summed E-state index contributed by atoms with van der Waals surface area (Å²) in [5.74, 6) is 0.726. The number of carbonyl (C=O) groups excluding carboxylic acids is 1. The molecule has 0 bridgehead atoms. The van der Waals surface area contributed by atoms with E-state index in [4.69, 9.17) is 11.6 Å². The summed E-state index contributed by atoms with van der Waals surface area (Å²) in [4.78, 5) is 17.1. The van der Waals surface area contributed by atoms with Crippen LogP contribution >= 0.6 is 11.6 Å². The van der Waals surface area contributed by atoms with Crippen molar-refractivity contribution in [2.24, 2.45) is 0 Å². The van der Waals surface area contributed by atoms with E-state index in [0.29, 0.717) is 23.8 Å². The monoisotopic (exact) mass is 469 g/mol. The number of amides is 1. The van der Waals surface area contributed by atoms with Crippen molar-refractivity contribution in [1.82, 2.24) is 14.8 Å². The molecule has 0 saturated carbocycles. The molecule has 34 heavy (non-hydrogen) atoms. The minimum atomic E-state index is -0.176. The molecule has 1 aromatic heterocycles. The van der Waals surface area contributed by atoms with Gasteiger partial charge in [0.1, 0.15) is 6.04 Å². The largest absolute Gasteiger partial charge is 0.324 e. The highest BCUT2D eigenvalue weighted by molar-refractivity contribution is 6.30. The topological polar surface area (TPSA) is 71.8 Å². The molecule has 5 rings (SSSR count). The fourth-order valence-corrected chi connectivity index (χ4v) is 4.06. The van der Waals surface area contributed by atoms with Crippen molar-refractivity contribution in [3.63, 3.8) is 0 Å². The lowest BCUT2D eigenvalue weighted by atomic mass is 10.0. The molecule has 2 heterocycles. The van der Waals surface area contributed by atoms with E-state index < -0.39 is 0 Å². The molecular formula is C27H24ClN5O. The predicted octanol–water partition coefficient (Wildman–Crippen LogP) is 5.87. The minimum Gasteiger partial charge on any atom is -0.324 e. The van der Waals surface area contributed by atoms with Gasteiger partial charge in [0.25, 0.3) is 5.95 Å². The molecule has 0 radical (unpaired) electrons. The Labute approximate surface area is 203 Å². The second-order valence-corrected chi connectivity index (χ2v) is 8.74. The number of rotatable bonds is 6. The average Bonchev–Trinajstić information content (AvgIpc) is 3.26. The van der Waals surface area contributed by atoms with Gasteiger partial charge in [-0.15, -0.1) is 5.10 Å². The van der Waals surface area contributed by atoms with Crippen LogP contribution in [-0.4, -0.2) is 20.7 Å². The molecule has 1 aliphatic rings. The first-order valence-electron chi connectivity index (χ1n) is 11.2. The molecule has 2 N–H and O–H groups in total. The summed E-state index contributed by atoms with van der Waals surface area (Å²) in [6, 6.07) is 25.7. The van der Waals surface area contributed by atoms with Crippen LogP contribution in [-0.2, 0) is 11.2 Å². The number of allylic oxidation sites excluding steroid dienone is 1. The van der Waals surface area contributed by atoms with E-state index in [2.05, 4.69) is 58.0 Å². The van der Waals surface area contributed by atoms with Gasteiger partial charge in [-0.3, -0.25) is 10.1 Å². The molecule has 6 nitrogen and oxygen atoms in total. The van der Waals surface area contributed by atoms with Gasteiger partial charge in [0.2, 0.25) is 11.9 Å². The smallest absolute Gasteiger partial charge is 0.250 e. The Kier molecular flexibility index (Phi) is 6.14. The zero-order valence-electron chi connectivity index (χ0n) is 18.7. The lowest BCUT2D eigenvalue weighted by Gasteiger charge is -2.24. The molecule has 0 saturated heterocycles. The number of halogens is 1. The third-order valence-electron chi connectivity index (χ3n) is 5.77. The molecule has 0 aliphatic carbocycles. The number of benzene rings is 3. The van der Waals surface area contributed by atoms with Crippen LogP contribution in [0.2, 0.25) is 5.02 Å². The van der Waals surface area contributed by atoms with Crippen molar-refractivity contribution < 1.29 is 4.79 Å². The lowest BCUT2D eigenvalue weighted by Crippen LogP contribution is -2.20.